The van der Waals surface area contributed by atoms with Crippen molar-refractivity contribution < 1.29 is 9.72 Å². The first-order chi connectivity index (χ1) is 9.04. The first kappa shape index (κ1) is 13.8. The summed E-state index contributed by atoms with van der Waals surface area (Å²) in [5.74, 6) is -0.373. The molecule has 0 aliphatic carbocycles. The van der Waals surface area contributed by atoms with Gasteiger partial charge in [-0.1, -0.05) is 11.6 Å². The number of rotatable bonds is 3. The summed E-state index contributed by atoms with van der Waals surface area (Å²) < 4.78 is 0. The Balaban J connectivity index is 2.37. The number of nitrogens with zero attached hydrogens (tertiary/aromatic N) is 2. The van der Waals surface area contributed by atoms with E-state index >= 15 is 0 Å². The SMILES string of the molecule is NCC1CCCN1C(=O)c1cc(Cl)ccc1[N+](=O)[O-]. The predicted octanol–water partition coefficient (Wildman–Crippen LogP) is 1.81. The van der Waals surface area contributed by atoms with Gasteiger partial charge in [0.2, 0.25) is 0 Å². The van der Waals surface area contributed by atoms with Crippen LogP contribution >= 0.6 is 11.6 Å². The molecule has 7 heteroatoms. The van der Waals surface area contributed by atoms with Crippen molar-refractivity contribution >= 4 is 23.2 Å². The number of nitro benzene ring substituents is 1. The third-order valence-electron chi connectivity index (χ3n) is 3.30. The van der Waals surface area contributed by atoms with Crippen molar-refractivity contribution in [3.05, 3.63) is 38.9 Å². The van der Waals surface area contributed by atoms with Crippen LogP contribution in [0, 0.1) is 10.1 Å². The van der Waals surface area contributed by atoms with Crippen molar-refractivity contribution in [1.82, 2.24) is 4.90 Å². The quantitative estimate of drug-likeness (QED) is 0.677. The molecule has 1 aliphatic rings. The van der Waals surface area contributed by atoms with E-state index < -0.39 is 4.92 Å². The van der Waals surface area contributed by atoms with Gasteiger partial charge in [0.05, 0.1) is 4.92 Å². The molecule has 1 aromatic rings. The zero-order valence-electron chi connectivity index (χ0n) is 10.2. The molecule has 102 valence electrons. The van der Waals surface area contributed by atoms with Gasteiger partial charge >= 0.3 is 0 Å². The highest BCUT2D eigenvalue weighted by Crippen LogP contribution is 2.27. The second-order valence-electron chi connectivity index (χ2n) is 4.45. The Bertz CT molecular complexity index is 521. The molecule has 1 unspecified atom stereocenters. The molecule has 0 radical (unpaired) electrons. The van der Waals surface area contributed by atoms with E-state index in [1.165, 1.54) is 18.2 Å². The lowest BCUT2D eigenvalue weighted by Crippen LogP contribution is -2.40. The summed E-state index contributed by atoms with van der Waals surface area (Å²) in [6, 6.07) is 3.95. The number of likely N-dealkylation sites (tertiary alicyclic amines) is 1. The van der Waals surface area contributed by atoms with Gasteiger partial charge in [-0.2, -0.15) is 0 Å². The molecular formula is C12H14ClN3O3. The van der Waals surface area contributed by atoms with Gasteiger partial charge in [0.15, 0.2) is 0 Å². The zero-order valence-corrected chi connectivity index (χ0v) is 11.0. The van der Waals surface area contributed by atoms with E-state index in [2.05, 4.69) is 0 Å². The predicted molar refractivity (Wildman–Crippen MR) is 71.2 cm³/mol. The lowest BCUT2D eigenvalue weighted by molar-refractivity contribution is -0.385. The van der Waals surface area contributed by atoms with Gasteiger partial charge in [0.25, 0.3) is 11.6 Å². The van der Waals surface area contributed by atoms with E-state index in [-0.39, 0.29) is 23.2 Å². The lowest BCUT2D eigenvalue weighted by atomic mass is 10.1. The molecule has 6 nitrogen and oxygen atoms in total. The fraction of sp³-hybridized carbons (Fsp3) is 0.417. The fourth-order valence-electron chi connectivity index (χ4n) is 2.34. The van der Waals surface area contributed by atoms with Crippen LogP contribution in [0.5, 0.6) is 0 Å². The molecule has 1 atom stereocenters. The fourth-order valence-corrected chi connectivity index (χ4v) is 2.51. The van der Waals surface area contributed by atoms with E-state index in [0.29, 0.717) is 18.1 Å². The normalized spacial score (nSPS) is 18.6. The van der Waals surface area contributed by atoms with Crippen LogP contribution in [0.2, 0.25) is 5.02 Å². The van der Waals surface area contributed by atoms with Crippen molar-refractivity contribution in [2.45, 2.75) is 18.9 Å². The van der Waals surface area contributed by atoms with Crippen LogP contribution < -0.4 is 5.73 Å². The number of halogens is 1. The summed E-state index contributed by atoms with van der Waals surface area (Å²) in [7, 11) is 0. The Morgan fingerprint density at radius 1 is 1.58 bits per heavy atom. The van der Waals surface area contributed by atoms with Crippen LogP contribution in [-0.4, -0.2) is 34.9 Å². The Morgan fingerprint density at radius 3 is 2.95 bits per heavy atom. The maximum absolute atomic E-state index is 12.4. The summed E-state index contributed by atoms with van der Waals surface area (Å²) >= 11 is 5.82. The molecule has 0 spiro atoms. The van der Waals surface area contributed by atoms with E-state index in [0.717, 1.165) is 12.8 Å². The van der Waals surface area contributed by atoms with Crippen LogP contribution in [0.1, 0.15) is 23.2 Å². The minimum Gasteiger partial charge on any atom is -0.334 e. The molecule has 19 heavy (non-hydrogen) atoms. The highest BCUT2D eigenvalue weighted by molar-refractivity contribution is 6.31. The number of carbonyl (C=O) groups is 1. The molecule has 1 amide bonds. The maximum Gasteiger partial charge on any atom is 0.282 e. The maximum atomic E-state index is 12.4. The molecular weight excluding hydrogens is 270 g/mol. The Kier molecular flexibility index (Phi) is 4.01. The number of hydrogen-bond acceptors (Lipinski definition) is 4. The molecule has 0 bridgehead atoms. The van der Waals surface area contributed by atoms with Gasteiger partial charge in [0.1, 0.15) is 5.56 Å². The third-order valence-corrected chi connectivity index (χ3v) is 3.53. The van der Waals surface area contributed by atoms with E-state index in [1.54, 1.807) is 4.90 Å². The number of nitrogens with two attached hydrogens (primary N) is 1. The molecule has 2 N–H and O–H groups in total. The molecule has 1 aromatic carbocycles. The number of benzene rings is 1. The summed E-state index contributed by atoms with van der Waals surface area (Å²) in [4.78, 5) is 24.4. The lowest BCUT2D eigenvalue weighted by Gasteiger charge is -2.23. The van der Waals surface area contributed by atoms with Crippen LogP contribution in [0.25, 0.3) is 0 Å². The zero-order chi connectivity index (χ0) is 14.0. The largest absolute Gasteiger partial charge is 0.334 e. The van der Waals surface area contributed by atoms with Gasteiger partial charge in [-0.3, -0.25) is 14.9 Å². The van der Waals surface area contributed by atoms with Crippen LogP contribution in [0.3, 0.4) is 0 Å². The van der Waals surface area contributed by atoms with Crippen molar-refractivity contribution in [3.63, 3.8) is 0 Å². The summed E-state index contributed by atoms with van der Waals surface area (Å²) in [5.41, 5.74) is 5.41. The highest BCUT2D eigenvalue weighted by Gasteiger charge is 2.32. The van der Waals surface area contributed by atoms with Gasteiger partial charge < -0.3 is 10.6 Å². The number of hydrogen-bond donors (Lipinski definition) is 1. The number of carbonyl (C=O) groups excluding carboxylic acids is 1. The second kappa shape index (κ2) is 5.54. The second-order valence-corrected chi connectivity index (χ2v) is 4.89. The average Bonchev–Trinajstić information content (AvgIpc) is 2.85. The first-order valence-electron chi connectivity index (χ1n) is 5.99. The van der Waals surface area contributed by atoms with E-state index in [4.69, 9.17) is 17.3 Å². The van der Waals surface area contributed by atoms with Gasteiger partial charge in [-0.15, -0.1) is 0 Å². The van der Waals surface area contributed by atoms with Crippen molar-refractivity contribution in [2.24, 2.45) is 5.73 Å². The van der Waals surface area contributed by atoms with E-state index in [9.17, 15) is 14.9 Å². The smallest absolute Gasteiger partial charge is 0.282 e. The van der Waals surface area contributed by atoms with Crippen LogP contribution in [0.15, 0.2) is 18.2 Å². The topological polar surface area (TPSA) is 89.5 Å². The molecule has 0 aromatic heterocycles. The molecule has 2 rings (SSSR count). The minimum absolute atomic E-state index is 0.0258. The minimum atomic E-state index is -0.572. The van der Waals surface area contributed by atoms with Crippen molar-refractivity contribution in [2.75, 3.05) is 13.1 Å². The Hall–Kier alpha value is -1.66. The summed E-state index contributed by atoms with van der Waals surface area (Å²) in [5, 5.41) is 11.3. The molecule has 1 fully saturated rings. The summed E-state index contributed by atoms with van der Waals surface area (Å²) in [6.07, 6.45) is 1.69. The molecule has 0 saturated carbocycles. The summed E-state index contributed by atoms with van der Waals surface area (Å²) in [6.45, 7) is 0.935. The third kappa shape index (κ3) is 2.69. The van der Waals surface area contributed by atoms with E-state index in [1.807, 2.05) is 0 Å². The van der Waals surface area contributed by atoms with Crippen LogP contribution in [0.4, 0.5) is 5.69 Å². The highest BCUT2D eigenvalue weighted by atomic mass is 35.5. The Morgan fingerprint density at radius 2 is 2.32 bits per heavy atom. The van der Waals surface area contributed by atoms with Gasteiger partial charge in [-0.05, 0) is 25.0 Å². The van der Waals surface area contributed by atoms with Crippen LogP contribution in [-0.2, 0) is 0 Å². The standard InChI is InChI=1S/C12H14ClN3O3/c13-8-3-4-11(16(18)19)10(6-8)12(17)15-5-1-2-9(15)7-14/h3-4,6,9H,1-2,5,7,14H2. The van der Waals surface area contributed by atoms with Crippen molar-refractivity contribution in [1.29, 1.82) is 0 Å². The number of amides is 1. The van der Waals surface area contributed by atoms with Gasteiger partial charge in [0, 0.05) is 30.2 Å². The van der Waals surface area contributed by atoms with Gasteiger partial charge in [-0.25, -0.2) is 0 Å². The molecule has 1 aliphatic heterocycles. The number of nitro groups is 1. The monoisotopic (exact) mass is 283 g/mol. The Labute approximate surface area is 115 Å². The average molecular weight is 284 g/mol. The van der Waals surface area contributed by atoms with Crippen molar-refractivity contribution in [3.8, 4) is 0 Å². The first-order valence-corrected chi connectivity index (χ1v) is 6.37. The molecule has 1 heterocycles. The molecule has 1 saturated heterocycles.